The predicted octanol–water partition coefficient (Wildman–Crippen LogP) is 1.89. The Labute approximate surface area is 107 Å². The van der Waals surface area contributed by atoms with Crippen LogP contribution < -0.4 is 10.6 Å². The van der Waals surface area contributed by atoms with Crippen molar-refractivity contribution in [3.8, 4) is 0 Å². The molecule has 0 spiro atoms. The molecule has 0 aliphatic carbocycles. The lowest BCUT2D eigenvalue weighted by Crippen LogP contribution is -2.40. The van der Waals surface area contributed by atoms with Gasteiger partial charge in [-0.3, -0.25) is 4.79 Å². The van der Waals surface area contributed by atoms with Gasteiger partial charge in [0.1, 0.15) is 0 Å². The molecule has 3 nitrogen and oxygen atoms in total. The van der Waals surface area contributed by atoms with Crippen molar-refractivity contribution in [3.63, 3.8) is 0 Å². The van der Waals surface area contributed by atoms with Crippen molar-refractivity contribution in [1.82, 2.24) is 0 Å². The van der Waals surface area contributed by atoms with Gasteiger partial charge in [-0.25, -0.2) is 0 Å². The van der Waals surface area contributed by atoms with Gasteiger partial charge in [0, 0.05) is 12.2 Å². The SMILES string of the molecule is CCC(C(=O)N1CCc2ccccc21)C(N)=S. The maximum absolute atomic E-state index is 12.3. The standard InChI is InChI=1S/C13H16N2OS/c1-2-10(12(14)17)13(16)15-8-7-9-5-3-4-6-11(9)15/h3-6,10H,2,7-8H2,1H3,(H2,14,17). The third kappa shape index (κ3) is 2.17. The first-order chi connectivity index (χ1) is 8.15. The summed E-state index contributed by atoms with van der Waals surface area (Å²) < 4.78 is 0. The van der Waals surface area contributed by atoms with E-state index in [0.717, 1.165) is 18.7 Å². The maximum Gasteiger partial charge on any atom is 0.236 e. The summed E-state index contributed by atoms with van der Waals surface area (Å²) in [6, 6.07) is 7.99. The Morgan fingerprint density at radius 2 is 2.24 bits per heavy atom. The van der Waals surface area contributed by atoms with Crippen molar-refractivity contribution < 1.29 is 4.79 Å². The van der Waals surface area contributed by atoms with Gasteiger partial charge in [-0.1, -0.05) is 37.3 Å². The number of anilines is 1. The van der Waals surface area contributed by atoms with Crippen LogP contribution in [0.2, 0.25) is 0 Å². The molecule has 0 aromatic heterocycles. The predicted molar refractivity (Wildman–Crippen MR) is 73.1 cm³/mol. The van der Waals surface area contributed by atoms with E-state index >= 15 is 0 Å². The summed E-state index contributed by atoms with van der Waals surface area (Å²) in [5.74, 6) is -0.305. The Bertz CT molecular complexity index is 458. The molecule has 17 heavy (non-hydrogen) atoms. The van der Waals surface area contributed by atoms with Gasteiger partial charge in [-0.15, -0.1) is 0 Å². The fourth-order valence-electron chi connectivity index (χ4n) is 2.25. The number of carbonyl (C=O) groups excluding carboxylic acids is 1. The van der Waals surface area contributed by atoms with Crippen molar-refractivity contribution in [2.75, 3.05) is 11.4 Å². The largest absolute Gasteiger partial charge is 0.393 e. The molecule has 90 valence electrons. The zero-order chi connectivity index (χ0) is 12.4. The van der Waals surface area contributed by atoms with Gasteiger partial charge in [0.25, 0.3) is 0 Å². The fourth-order valence-corrected chi connectivity index (χ4v) is 2.52. The summed E-state index contributed by atoms with van der Waals surface area (Å²) in [6.45, 7) is 2.67. The highest BCUT2D eigenvalue weighted by Gasteiger charge is 2.30. The lowest BCUT2D eigenvalue weighted by molar-refractivity contribution is -0.120. The van der Waals surface area contributed by atoms with E-state index in [2.05, 4.69) is 6.07 Å². The van der Waals surface area contributed by atoms with Crippen LogP contribution in [-0.4, -0.2) is 17.4 Å². The Morgan fingerprint density at radius 3 is 2.88 bits per heavy atom. The van der Waals surface area contributed by atoms with Crippen molar-refractivity contribution in [1.29, 1.82) is 0 Å². The molecule has 0 radical (unpaired) electrons. The van der Waals surface area contributed by atoms with Crippen molar-refractivity contribution >= 4 is 28.8 Å². The molecule has 1 atom stereocenters. The summed E-state index contributed by atoms with van der Waals surface area (Å²) in [4.78, 5) is 14.4. The van der Waals surface area contributed by atoms with E-state index in [9.17, 15) is 4.79 Å². The minimum Gasteiger partial charge on any atom is -0.393 e. The number of hydrogen-bond donors (Lipinski definition) is 1. The molecule has 2 rings (SSSR count). The molecule has 0 fully saturated rings. The maximum atomic E-state index is 12.3. The van der Waals surface area contributed by atoms with Crippen LogP contribution in [0.3, 0.4) is 0 Å². The Balaban J connectivity index is 2.26. The molecule has 1 aromatic carbocycles. The zero-order valence-electron chi connectivity index (χ0n) is 9.85. The van der Waals surface area contributed by atoms with Crippen molar-refractivity contribution in [2.45, 2.75) is 19.8 Å². The third-order valence-corrected chi connectivity index (χ3v) is 3.49. The first-order valence-corrected chi connectivity index (χ1v) is 6.24. The number of para-hydroxylation sites is 1. The molecule has 1 heterocycles. The molecule has 1 aromatic rings. The van der Waals surface area contributed by atoms with E-state index in [1.807, 2.05) is 30.0 Å². The lowest BCUT2D eigenvalue weighted by atomic mass is 10.1. The summed E-state index contributed by atoms with van der Waals surface area (Å²) in [5.41, 5.74) is 7.85. The second-order valence-electron chi connectivity index (χ2n) is 4.23. The molecule has 0 saturated carbocycles. The average molecular weight is 248 g/mol. The fraction of sp³-hybridized carbons (Fsp3) is 0.385. The second kappa shape index (κ2) is 4.84. The van der Waals surface area contributed by atoms with Gasteiger partial charge in [0.15, 0.2) is 0 Å². The Morgan fingerprint density at radius 1 is 1.53 bits per heavy atom. The number of nitrogens with two attached hydrogens (primary N) is 1. The molecule has 1 unspecified atom stereocenters. The van der Waals surface area contributed by atoms with E-state index in [1.165, 1.54) is 5.56 Å². The molecular formula is C13H16N2OS. The van der Waals surface area contributed by atoms with Crippen molar-refractivity contribution in [3.05, 3.63) is 29.8 Å². The van der Waals surface area contributed by atoms with Crippen molar-refractivity contribution in [2.24, 2.45) is 11.7 Å². The van der Waals surface area contributed by atoms with Crippen LogP contribution in [0.1, 0.15) is 18.9 Å². The topological polar surface area (TPSA) is 46.3 Å². The van der Waals surface area contributed by atoms with Gasteiger partial charge in [-0.05, 0) is 24.5 Å². The summed E-state index contributed by atoms with van der Waals surface area (Å²) in [6.07, 6.45) is 1.57. The Hall–Kier alpha value is -1.42. The number of rotatable bonds is 3. The summed E-state index contributed by atoms with van der Waals surface area (Å²) in [7, 11) is 0. The number of hydrogen-bond acceptors (Lipinski definition) is 2. The van der Waals surface area contributed by atoms with Crippen LogP contribution in [0, 0.1) is 5.92 Å². The first kappa shape index (κ1) is 12.0. The van der Waals surface area contributed by atoms with Crippen LogP contribution >= 0.6 is 12.2 Å². The van der Waals surface area contributed by atoms with E-state index in [-0.39, 0.29) is 11.8 Å². The average Bonchev–Trinajstić information content (AvgIpc) is 2.72. The smallest absolute Gasteiger partial charge is 0.236 e. The van der Waals surface area contributed by atoms with Crippen LogP contribution in [-0.2, 0) is 11.2 Å². The second-order valence-corrected chi connectivity index (χ2v) is 4.70. The zero-order valence-corrected chi connectivity index (χ0v) is 10.7. The number of benzene rings is 1. The molecule has 1 aliphatic rings. The monoisotopic (exact) mass is 248 g/mol. The quantitative estimate of drug-likeness (QED) is 0.831. The lowest BCUT2D eigenvalue weighted by Gasteiger charge is -2.22. The highest BCUT2D eigenvalue weighted by molar-refractivity contribution is 7.80. The number of fused-ring (bicyclic) bond motifs is 1. The minimum absolute atomic E-state index is 0.0324. The van der Waals surface area contributed by atoms with Gasteiger partial charge in [0.2, 0.25) is 5.91 Å². The van der Waals surface area contributed by atoms with Crippen LogP contribution in [0.25, 0.3) is 0 Å². The van der Waals surface area contributed by atoms with Gasteiger partial charge < -0.3 is 10.6 Å². The summed E-state index contributed by atoms with van der Waals surface area (Å²) >= 11 is 4.96. The number of amides is 1. The van der Waals surface area contributed by atoms with E-state index in [4.69, 9.17) is 18.0 Å². The minimum atomic E-state index is -0.337. The highest BCUT2D eigenvalue weighted by Crippen LogP contribution is 2.29. The Kier molecular flexibility index (Phi) is 3.43. The number of carbonyl (C=O) groups is 1. The van der Waals surface area contributed by atoms with E-state index in [1.54, 1.807) is 0 Å². The molecular weight excluding hydrogens is 232 g/mol. The third-order valence-electron chi connectivity index (χ3n) is 3.20. The number of nitrogens with zero attached hydrogens (tertiary/aromatic N) is 1. The van der Waals surface area contributed by atoms with Crippen LogP contribution in [0.4, 0.5) is 5.69 Å². The molecule has 4 heteroatoms. The van der Waals surface area contributed by atoms with E-state index < -0.39 is 0 Å². The molecule has 2 N–H and O–H groups in total. The highest BCUT2D eigenvalue weighted by atomic mass is 32.1. The molecule has 1 amide bonds. The van der Waals surface area contributed by atoms with E-state index in [0.29, 0.717) is 11.4 Å². The molecule has 1 aliphatic heterocycles. The van der Waals surface area contributed by atoms with Crippen LogP contribution in [0.5, 0.6) is 0 Å². The number of thiocarbonyl (C=S) groups is 1. The molecule has 0 saturated heterocycles. The van der Waals surface area contributed by atoms with Gasteiger partial charge >= 0.3 is 0 Å². The normalized spacial score (nSPS) is 15.5. The van der Waals surface area contributed by atoms with Crippen LogP contribution in [0.15, 0.2) is 24.3 Å². The van der Waals surface area contributed by atoms with Gasteiger partial charge in [-0.2, -0.15) is 0 Å². The van der Waals surface area contributed by atoms with Gasteiger partial charge in [0.05, 0.1) is 10.9 Å². The molecule has 0 bridgehead atoms. The first-order valence-electron chi connectivity index (χ1n) is 5.83. The summed E-state index contributed by atoms with van der Waals surface area (Å²) in [5, 5.41) is 0.